The molecule has 0 radical (unpaired) electrons. The molecule has 0 unspecified atom stereocenters. The first-order chi connectivity index (χ1) is 19.0. The number of rotatable bonds is 6. The molecule has 0 spiro atoms. The maximum atomic E-state index is 13.5. The highest BCUT2D eigenvalue weighted by atomic mass is 32.2. The van der Waals surface area contributed by atoms with Gasteiger partial charge in [-0.1, -0.05) is 66.7 Å². The molecule has 3 aromatic rings. The van der Waals surface area contributed by atoms with Gasteiger partial charge in [0.2, 0.25) is 10.0 Å². The van der Waals surface area contributed by atoms with Crippen molar-refractivity contribution in [3.63, 3.8) is 0 Å². The summed E-state index contributed by atoms with van der Waals surface area (Å²) in [5.41, 5.74) is 2.91. The number of piperazine rings is 2. The van der Waals surface area contributed by atoms with Crippen molar-refractivity contribution in [1.29, 1.82) is 0 Å². The summed E-state index contributed by atoms with van der Waals surface area (Å²) in [6, 6.07) is 28.0. The fourth-order valence-corrected chi connectivity index (χ4v) is 7.89. The quantitative estimate of drug-likeness (QED) is 0.474. The highest BCUT2D eigenvalue weighted by Gasteiger charge is 2.36. The minimum Gasteiger partial charge on any atom is -0.336 e. The normalized spacial score (nSPS) is 21.3. The summed E-state index contributed by atoms with van der Waals surface area (Å²) < 4.78 is 28.6. The highest BCUT2D eigenvalue weighted by molar-refractivity contribution is 7.89. The Balaban J connectivity index is 1.15. The largest absolute Gasteiger partial charge is 0.336 e. The summed E-state index contributed by atoms with van der Waals surface area (Å²) in [5, 5.41) is 0. The number of nitrogens with zero attached hydrogens (tertiary/aromatic N) is 4. The average Bonchev–Trinajstić information content (AvgIpc) is 3.47. The molecule has 0 N–H and O–H groups in total. The molecule has 3 heterocycles. The smallest absolute Gasteiger partial charge is 0.253 e. The maximum absolute atomic E-state index is 13.5. The lowest BCUT2D eigenvalue weighted by molar-refractivity contribution is 0.0597. The first-order valence-corrected chi connectivity index (χ1v) is 15.4. The van der Waals surface area contributed by atoms with Crippen LogP contribution in [-0.2, 0) is 10.0 Å². The van der Waals surface area contributed by atoms with Gasteiger partial charge in [0.1, 0.15) is 0 Å². The molecule has 204 valence electrons. The second-order valence-electron chi connectivity index (χ2n) is 10.8. The standard InChI is InChI=1S/C31H36N4O3S/c36-31(27-13-7-15-29(23-27)39(37,38)35-22-21-32-16-8-14-28(32)24-35)34-19-17-33(18-20-34)30(25-9-3-1-4-10-25)26-11-5-2-6-12-26/h1-7,9-13,15,23,28,30H,8,14,16-22,24H2/t28-/m0/s1. The Labute approximate surface area is 231 Å². The minimum absolute atomic E-state index is 0.108. The first-order valence-electron chi connectivity index (χ1n) is 14.0. The lowest BCUT2D eigenvalue weighted by Crippen LogP contribution is -2.52. The summed E-state index contributed by atoms with van der Waals surface area (Å²) >= 11 is 0. The second kappa shape index (κ2) is 11.2. The van der Waals surface area contributed by atoms with Gasteiger partial charge >= 0.3 is 0 Å². The number of hydrogen-bond donors (Lipinski definition) is 0. The van der Waals surface area contributed by atoms with Crippen molar-refractivity contribution in [2.75, 3.05) is 52.4 Å². The van der Waals surface area contributed by atoms with Crippen molar-refractivity contribution in [3.8, 4) is 0 Å². The van der Waals surface area contributed by atoms with Crippen LogP contribution in [0.4, 0.5) is 0 Å². The molecule has 3 saturated heterocycles. The average molecular weight is 545 g/mol. The molecule has 7 nitrogen and oxygen atoms in total. The number of benzene rings is 3. The zero-order valence-corrected chi connectivity index (χ0v) is 23.0. The van der Waals surface area contributed by atoms with Crippen LogP contribution in [-0.4, -0.2) is 91.7 Å². The van der Waals surface area contributed by atoms with Crippen molar-refractivity contribution in [3.05, 3.63) is 102 Å². The third kappa shape index (κ3) is 5.39. The van der Waals surface area contributed by atoms with Gasteiger partial charge in [-0.05, 0) is 48.7 Å². The van der Waals surface area contributed by atoms with E-state index in [0.29, 0.717) is 37.8 Å². The number of fused-ring (bicyclic) bond motifs is 1. The maximum Gasteiger partial charge on any atom is 0.253 e. The molecular formula is C31H36N4O3S. The molecule has 6 rings (SSSR count). The van der Waals surface area contributed by atoms with Gasteiger partial charge in [0.15, 0.2) is 0 Å². The summed E-state index contributed by atoms with van der Waals surface area (Å²) in [6.07, 6.45) is 2.18. The molecule has 3 aromatic carbocycles. The third-order valence-electron chi connectivity index (χ3n) is 8.47. The van der Waals surface area contributed by atoms with E-state index in [0.717, 1.165) is 39.0 Å². The SMILES string of the molecule is O=C(c1cccc(S(=O)(=O)N2CCN3CCC[C@H]3C2)c1)N1CCN(C(c2ccccc2)c2ccccc2)CC1. The Hall–Kier alpha value is -3.04. The fourth-order valence-electron chi connectivity index (χ4n) is 6.37. The zero-order valence-electron chi connectivity index (χ0n) is 22.2. The van der Waals surface area contributed by atoms with Gasteiger partial charge in [0, 0.05) is 57.4 Å². The third-order valence-corrected chi connectivity index (χ3v) is 10.3. The predicted molar refractivity (Wildman–Crippen MR) is 152 cm³/mol. The van der Waals surface area contributed by atoms with Gasteiger partial charge in [-0.25, -0.2) is 8.42 Å². The highest BCUT2D eigenvalue weighted by Crippen LogP contribution is 2.30. The predicted octanol–water partition coefficient (Wildman–Crippen LogP) is 3.70. The molecule has 3 aliphatic rings. The molecule has 0 bridgehead atoms. The molecule has 1 atom stereocenters. The summed E-state index contributed by atoms with van der Waals surface area (Å²) in [5.74, 6) is -0.108. The fraction of sp³-hybridized carbons (Fsp3) is 0.387. The topological polar surface area (TPSA) is 64.2 Å². The van der Waals surface area contributed by atoms with Crippen LogP contribution in [0, 0.1) is 0 Å². The van der Waals surface area contributed by atoms with E-state index in [1.807, 2.05) is 17.0 Å². The molecule has 8 heteroatoms. The van der Waals surface area contributed by atoms with E-state index < -0.39 is 10.0 Å². The molecule has 1 amide bonds. The Morgan fingerprint density at radius 3 is 2.08 bits per heavy atom. The molecule has 0 saturated carbocycles. The van der Waals surface area contributed by atoms with Crippen molar-refractivity contribution in [2.45, 2.75) is 29.8 Å². The van der Waals surface area contributed by atoms with E-state index >= 15 is 0 Å². The zero-order chi connectivity index (χ0) is 26.8. The first kappa shape index (κ1) is 26.2. The van der Waals surface area contributed by atoms with Crippen LogP contribution in [0.1, 0.15) is 40.4 Å². The van der Waals surface area contributed by atoms with E-state index in [1.165, 1.54) is 11.1 Å². The minimum atomic E-state index is -3.64. The van der Waals surface area contributed by atoms with Crippen molar-refractivity contribution >= 4 is 15.9 Å². The van der Waals surface area contributed by atoms with Gasteiger partial charge < -0.3 is 4.90 Å². The van der Waals surface area contributed by atoms with Gasteiger partial charge in [0.05, 0.1) is 10.9 Å². The van der Waals surface area contributed by atoms with E-state index in [1.54, 1.807) is 28.6 Å². The van der Waals surface area contributed by atoms with Gasteiger partial charge in [-0.2, -0.15) is 4.31 Å². The van der Waals surface area contributed by atoms with E-state index in [4.69, 9.17) is 0 Å². The van der Waals surface area contributed by atoms with Crippen LogP contribution in [0.5, 0.6) is 0 Å². The molecule has 0 aliphatic carbocycles. The van der Waals surface area contributed by atoms with Crippen LogP contribution in [0.3, 0.4) is 0 Å². The Kier molecular flexibility index (Phi) is 7.53. The Bertz CT molecular complexity index is 1350. The molecule has 3 fully saturated rings. The summed E-state index contributed by atoms with van der Waals surface area (Å²) in [6.45, 7) is 5.54. The summed E-state index contributed by atoms with van der Waals surface area (Å²) in [4.78, 5) is 20.4. The van der Waals surface area contributed by atoms with Crippen LogP contribution in [0.25, 0.3) is 0 Å². The second-order valence-corrected chi connectivity index (χ2v) is 12.7. The van der Waals surface area contributed by atoms with Crippen LogP contribution in [0.2, 0.25) is 0 Å². The van der Waals surface area contributed by atoms with Crippen LogP contribution >= 0.6 is 0 Å². The summed E-state index contributed by atoms with van der Waals surface area (Å²) in [7, 11) is -3.64. The van der Waals surface area contributed by atoms with Crippen molar-refractivity contribution in [1.82, 2.24) is 19.0 Å². The number of amides is 1. The van der Waals surface area contributed by atoms with Crippen LogP contribution in [0.15, 0.2) is 89.8 Å². The van der Waals surface area contributed by atoms with Crippen molar-refractivity contribution < 1.29 is 13.2 Å². The molecular weight excluding hydrogens is 508 g/mol. The molecule has 0 aromatic heterocycles. The van der Waals surface area contributed by atoms with Crippen LogP contribution < -0.4 is 0 Å². The van der Waals surface area contributed by atoms with E-state index in [2.05, 4.69) is 58.3 Å². The number of sulfonamides is 1. The number of hydrogen-bond acceptors (Lipinski definition) is 5. The Morgan fingerprint density at radius 2 is 1.41 bits per heavy atom. The van der Waals surface area contributed by atoms with Gasteiger partial charge in [0.25, 0.3) is 5.91 Å². The number of carbonyl (C=O) groups excluding carboxylic acids is 1. The van der Waals surface area contributed by atoms with Crippen molar-refractivity contribution in [2.24, 2.45) is 0 Å². The Morgan fingerprint density at radius 1 is 0.744 bits per heavy atom. The number of carbonyl (C=O) groups is 1. The lowest BCUT2D eigenvalue weighted by Gasteiger charge is -2.40. The van der Waals surface area contributed by atoms with E-state index in [9.17, 15) is 13.2 Å². The molecule has 39 heavy (non-hydrogen) atoms. The molecule has 3 aliphatic heterocycles. The lowest BCUT2D eigenvalue weighted by atomic mass is 9.96. The van der Waals surface area contributed by atoms with Gasteiger partial charge in [-0.15, -0.1) is 0 Å². The monoisotopic (exact) mass is 544 g/mol. The van der Waals surface area contributed by atoms with E-state index in [-0.39, 0.29) is 16.8 Å². The van der Waals surface area contributed by atoms with Gasteiger partial charge in [-0.3, -0.25) is 14.6 Å².